The Bertz CT molecular complexity index is 923. The van der Waals surface area contributed by atoms with Crippen molar-refractivity contribution in [2.75, 3.05) is 13.2 Å². The van der Waals surface area contributed by atoms with E-state index < -0.39 is 18.0 Å². The van der Waals surface area contributed by atoms with E-state index in [0.29, 0.717) is 44.9 Å². The Morgan fingerprint density at radius 2 is 0.714 bits per heavy atom. The molecule has 0 rings (SSSR count). The van der Waals surface area contributed by atoms with Crippen LogP contribution in [-0.4, -0.2) is 60.5 Å². The molecule has 0 aromatic heterocycles. The Morgan fingerprint density at radius 3 is 1.12 bits per heavy atom. The minimum atomic E-state index is -1.39. The first-order valence-corrected chi connectivity index (χ1v) is 23.7. The van der Waals surface area contributed by atoms with Crippen LogP contribution in [0.25, 0.3) is 0 Å². The van der Waals surface area contributed by atoms with Crippen molar-refractivity contribution in [2.45, 2.75) is 264 Å². The SMILES string of the molecule is CCCCCCCCC(CCCCCC)OC(=O)CCCCCOC(=O)CCC(O)C(=O)OCCCCCC(=O)OC(CCCCCC)CCCCCCCC. The van der Waals surface area contributed by atoms with Crippen molar-refractivity contribution in [2.24, 2.45) is 0 Å². The van der Waals surface area contributed by atoms with Gasteiger partial charge in [0.2, 0.25) is 0 Å². The summed E-state index contributed by atoms with van der Waals surface area (Å²) < 4.78 is 22.2. The lowest BCUT2D eigenvalue weighted by Crippen LogP contribution is -2.24. The summed E-state index contributed by atoms with van der Waals surface area (Å²) in [6.45, 7) is 9.24. The Kier molecular flexibility index (Phi) is 39.4. The zero-order chi connectivity index (χ0) is 41.3. The van der Waals surface area contributed by atoms with Gasteiger partial charge in [0.15, 0.2) is 6.10 Å². The first-order chi connectivity index (χ1) is 27.3. The zero-order valence-electron chi connectivity index (χ0n) is 36.9. The fourth-order valence-corrected chi connectivity index (χ4v) is 6.91. The fourth-order valence-electron chi connectivity index (χ4n) is 6.91. The Hall–Kier alpha value is -2.16. The molecule has 0 heterocycles. The number of esters is 4. The van der Waals surface area contributed by atoms with Gasteiger partial charge in [-0.15, -0.1) is 0 Å². The van der Waals surface area contributed by atoms with Crippen LogP contribution in [0.15, 0.2) is 0 Å². The first kappa shape index (κ1) is 53.8. The van der Waals surface area contributed by atoms with Crippen LogP contribution in [0.1, 0.15) is 246 Å². The van der Waals surface area contributed by atoms with Gasteiger partial charge in [-0.1, -0.05) is 130 Å². The summed E-state index contributed by atoms with van der Waals surface area (Å²) in [6, 6.07) is 0. The van der Waals surface area contributed by atoms with Gasteiger partial charge in [0.1, 0.15) is 12.2 Å². The fraction of sp³-hybridized carbons (Fsp3) is 0.915. The normalized spacial score (nSPS) is 12.9. The maximum Gasteiger partial charge on any atom is 0.334 e. The highest BCUT2D eigenvalue weighted by Gasteiger charge is 2.19. The molecule has 3 atom stereocenters. The van der Waals surface area contributed by atoms with Gasteiger partial charge in [-0.2, -0.15) is 0 Å². The molecule has 3 unspecified atom stereocenters. The molecular weight excluding hydrogens is 709 g/mol. The highest BCUT2D eigenvalue weighted by molar-refractivity contribution is 5.76. The quantitative estimate of drug-likeness (QED) is 0.0365. The summed E-state index contributed by atoms with van der Waals surface area (Å²) in [7, 11) is 0. The summed E-state index contributed by atoms with van der Waals surface area (Å²) in [5, 5.41) is 10.2. The van der Waals surface area contributed by atoms with Gasteiger partial charge in [-0.25, -0.2) is 4.79 Å². The Balaban J connectivity index is 4.10. The largest absolute Gasteiger partial charge is 0.466 e. The number of aliphatic hydroxyl groups excluding tert-OH is 1. The van der Waals surface area contributed by atoms with E-state index in [1.165, 1.54) is 103 Å². The van der Waals surface area contributed by atoms with Crippen molar-refractivity contribution in [3.63, 3.8) is 0 Å². The lowest BCUT2D eigenvalue weighted by atomic mass is 10.0. The van der Waals surface area contributed by atoms with Gasteiger partial charge in [-0.3, -0.25) is 14.4 Å². The van der Waals surface area contributed by atoms with E-state index in [2.05, 4.69) is 27.7 Å². The summed E-state index contributed by atoms with van der Waals surface area (Å²) in [4.78, 5) is 49.4. The van der Waals surface area contributed by atoms with Crippen molar-refractivity contribution < 1.29 is 43.2 Å². The molecule has 0 saturated carbocycles. The van der Waals surface area contributed by atoms with Gasteiger partial charge in [0, 0.05) is 19.3 Å². The third-order valence-corrected chi connectivity index (χ3v) is 10.6. The summed E-state index contributed by atoms with van der Waals surface area (Å²) in [5.74, 6) is -1.50. The third-order valence-electron chi connectivity index (χ3n) is 10.6. The van der Waals surface area contributed by atoms with E-state index in [1.807, 2.05) is 0 Å². The second-order valence-electron chi connectivity index (χ2n) is 16.1. The minimum absolute atomic E-state index is 0.00921. The predicted octanol–water partition coefficient (Wildman–Crippen LogP) is 12.6. The van der Waals surface area contributed by atoms with Gasteiger partial charge >= 0.3 is 23.9 Å². The van der Waals surface area contributed by atoms with E-state index in [4.69, 9.17) is 18.9 Å². The number of carbonyl (C=O) groups excluding carboxylic acids is 4. The van der Waals surface area contributed by atoms with Crippen LogP contribution in [0.4, 0.5) is 0 Å². The lowest BCUT2D eigenvalue weighted by molar-refractivity contribution is -0.155. The summed E-state index contributed by atoms with van der Waals surface area (Å²) in [6.07, 6.45) is 31.1. The molecule has 1 N–H and O–H groups in total. The van der Waals surface area contributed by atoms with Crippen molar-refractivity contribution in [3.05, 3.63) is 0 Å². The molecule has 0 saturated heterocycles. The molecule has 330 valence electrons. The van der Waals surface area contributed by atoms with E-state index in [1.54, 1.807) is 0 Å². The molecule has 0 bridgehead atoms. The highest BCUT2D eigenvalue weighted by atomic mass is 16.6. The van der Waals surface area contributed by atoms with Crippen molar-refractivity contribution in [1.29, 1.82) is 0 Å². The molecule has 0 aromatic rings. The van der Waals surface area contributed by atoms with Crippen molar-refractivity contribution in [1.82, 2.24) is 0 Å². The number of ether oxygens (including phenoxy) is 4. The van der Waals surface area contributed by atoms with Gasteiger partial charge in [0.05, 0.1) is 13.2 Å². The summed E-state index contributed by atoms with van der Waals surface area (Å²) >= 11 is 0. The Morgan fingerprint density at radius 1 is 0.375 bits per heavy atom. The molecule has 0 aliphatic heterocycles. The topological polar surface area (TPSA) is 125 Å². The van der Waals surface area contributed by atoms with Crippen LogP contribution in [0.2, 0.25) is 0 Å². The number of hydrogen-bond acceptors (Lipinski definition) is 9. The molecule has 9 nitrogen and oxygen atoms in total. The van der Waals surface area contributed by atoms with Crippen LogP contribution in [0.3, 0.4) is 0 Å². The van der Waals surface area contributed by atoms with Crippen molar-refractivity contribution >= 4 is 23.9 Å². The van der Waals surface area contributed by atoms with Gasteiger partial charge in [-0.05, 0) is 96.3 Å². The molecule has 0 spiro atoms. The van der Waals surface area contributed by atoms with Crippen LogP contribution in [0, 0.1) is 0 Å². The molecule has 0 aromatic carbocycles. The summed E-state index contributed by atoms with van der Waals surface area (Å²) in [5.41, 5.74) is 0. The van der Waals surface area contributed by atoms with Gasteiger partial charge in [0.25, 0.3) is 0 Å². The monoisotopic (exact) mass is 797 g/mol. The average Bonchev–Trinajstić information content (AvgIpc) is 3.18. The van der Waals surface area contributed by atoms with E-state index >= 15 is 0 Å². The molecule has 56 heavy (non-hydrogen) atoms. The van der Waals surface area contributed by atoms with E-state index in [-0.39, 0.29) is 50.2 Å². The van der Waals surface area contributed by atoms with Crippen LogP contribution in [-0.2, 0) is 38.1 Å². The predicted molar refractivity (Wildman–Crippen MR) is 227 cm³/mol. The highest BCUT2D eigenvalue weighted by Crippen LogP contribution is 2.19. The maximum absolute atomic E-state index is 12.5. The number of unbranched alkanes of at least 4 members (excludes halogenated alkanes) is 20. The van der Waals surface area contributed by atoms with Crippen molar-refractivity contribution in [3.8, 4) is 0 Å². The molecule has 9 heteroatoms. The zero-order valence-corrected chi connectivity index (χ0v) is 36.9. The molecule has 0 aliphatic carbocycles. The standard InChI is InChI=1S/C47H88O9/c1-5-9-13-17-19-25-33-41(31-23-15-11-7-3)55-45(50)35-27-21-29-39-53-44(49)38-37-43(48)47(52)54-40-30-22-28-36-46(51)56-42(32-24-16-12-8-4)34-26-20-18-14-10-6-2/h41-43,48H,5-40H2,1-4H3. The smallest absolute Gasteiger partial charge is 0.334 e. The Labute approximate surface area is 343 Å². The number of hydrogen-bond donors (Lipinski definition) is 1. The second-order valence-corrected chi connectivity index (χ2v) is 16.1. The number of aliphatic hydroxyl groups is 1. The molecule has 0 fully saturated rings. The second kappa shape index (κ2) is 41.0. The van der Waals surface area contributed by atoms with Crippen LogP contribution in [0.5, 0.6) is 0 Å². The molecule has 0 aliphatic rings. The maximum atomic E-state index is 12.5. The van der Waals surface area contributed by atoms with Crippen LogP contribution < -0.4 is 0 Å². The number of carbonyl (C=O) groups is 4. The molecule has 0 amide bonds. The minimum Gasteiger partial charge on any atom is -0.466 e. The molecular formula is C47H88O9. The number of rotatable bonds is 42. The van der Waals surface area contributed by atoms with E-state index in [0.717, 1.165) is 57.8 Å². The third kappa shape index (κ3) is 36.2. The average molecular weight is 797 g/mol. The van der Waals surface area contributed by atoms with E-state index in [9.17, 15) is 24.3 Å². The molecule has 0 radical (unpaired) electrons. The van der Waals surface area contributed by atoms with Crippen LogP contribution >= 0.6 is 0 Å². The first-order valence-electron chi connectivity index (χ1n) is 23.7. The lowest BCUT2D eigenvalue weighted by Gasteiger charge is -2.18. The van der Waals surface area contributed by atoms with Gasteiger partial charge < -0.3 is 24.1 Å².